The molecule has 0 amide bonds. The van der Waals surface area contributed by atoms with Gasteiger partial charge in [0.15, 0.2) is 0 Å². The van der Waals surface area contributed by atoms with E-state index in [1.54, 1.807) is 0 Å². The van der Waals surface area contributed by atoms with Crippen LogP contribution in [0.2, 0.25) is 0 Å². The summed E-state index contributed by atoms with van der Waals surface area (Å²) in [5.41, 5.74) is 2.72. The van der Waals surface area contributed by atoms with Gasteiger partial charge in [-0.2, -0.15) is 13.2 Å². The van der Waals surface area contributed by atoms with E-state index < -0.39 is 11.7 Å². The third kappa shape index (κ3) is 4.51. The molecular weight excluding hydrogens is 419 g/mol. The normalized spacial score (nSPS) is 11.7. The third-order valence-corrected chi connectivity index (χ3v) is 5.93. The molecule has 0 bridgehead atoms. The summed E-state index contributed by atoms with van der Waals surface area (Å²) in [5.74, 6) is 0.987. The van der Waals surface area contributed by atoms with E-state index in [0.29, 0.717) is 27.4 Å². The molecule has 0 saturated heterocycles. The van der Waals surface area contributed by atoms with Crippen molar-refractivity contribution in [2.75, 3.05) is 0 Å². The van der Waals surface area contributed by atoms with Crippen LogP contribution in [0.25, 0.3) is 22.0 Å². The number of benzene rings is 2. The van der Waals surface area contributed by atoms with Crippen LogP contribution in [0.15, 0.2) is 63.6 Å². The van der Waals surface area contributed by atoms with Gasteiger partial charge >= 0.3 is 6.18 Å². The lowest BCUT2D eigenvalue weighted by molar-refractivity contribution is -0.137. The first kappa shape index (κ1) is 19.7. The number of thioether (sulfide) groups is 1. The standard InChI is InChI=1S/C20H14F3N3OS2/c1-12-4-2-3-5-16(12)17-25-26-19(27-17)29-11-15-10-28-18(24-15)13-6-8-14(9-7-13)20(21,22)23/h2-10H,11H2,1H3. The zero-order valence-electron chi connectivity index (χ0n) is 15.1. The Morgan fingerprint density at radius 1 is 1.03 bits per heavy atom. The van der Waals surface area contributed by atoms with E-state index in [0.717, 1.165) is 29.0 Å². The highest BCUT2D eigenvalue weighted by Crippen LogP contribution is 2.33. The summed E-state index contributed by atoms with van der Waals surface area (Å²) in [7, 11) is 0. The Morgan fingerprint density at radius 2 is 1.79 bits per heavy atom. The Labute approximate surface area is 172 Å². The molecule has 0 atom stereocenters. The van der Waals surface area contributed by atoms with Crippen molar-refractivity contribution in [1.29, 1.82) is 0 Å². The van der Waals surface area contributed by atoms with E-state index in [1.165, 1.54) is 35.2 Å². The monoisotopic (exact) mass is 433 g/mol. The minimum atomic E-state index is -4.34. The minimum absolute atomic E-state index is 0.437. The number of rotatable bonds is 5. The first-order chi connectivity index (χ1) is 13.9. The van der Waals surface area contributed by atoms with E-state index in [-0.39, 0.29) is 0 Å². The fraction of sp³-hybridized carbons (Fsp3) is 0.150. The van der Waals surface area contributed by atoms with Gasteiger partial charge in [0.05, 0.1) is 11.3 Å². The van der Waals surface area contributed by atoms with Gasteiger partial charge in [0, 0.05) is 22.3 Å². The Bertz CT molecular complexity index is 1120. The van der Waals surface area contributed by atoms with Crippen LogP contribution in [-0.2, 0) is 11.9 Å². The maximum atomic E-state index is 12.7. The van der Waals surface area contributed by atoms with Crippen molar-refractivity contribution in [3.63, 3.8) is 0 Å². The van der Waals surface area contributed by atoms with Crippen LogP contribution in [0.3, 0.4) is 0 Å². The third-order valence-electron chi connectivity index (χ3n) is 4.14. The van der Waals surface area contributed by atoms with Gasteiger partial charge in [-0.1, -0.05) is 42.1 Å². The fourth-order valence-electron chi connectivity index (χ4n) is 2.63. The van der Waals surface area contributed by atoms with Gasteiger partial charge in [0.25, 0.3) is 5.22 Å². The summed E-state index contributed by atoms with van der Waals surface area (Å²) in [6.45, 7) is 1.98. The lowest BCUT2D eigenvalue weighted by Crippen LogP contribution is -2.03. The van der Waals surface area contributed by atoms with Gasteiger partial charge in [0.1, 0.15) is 5.01 Å². The summed E-state index contributed by atoms with van der Waals surface area (Å²) < 4.78 is 43.8. The number of hydrogen-bond donors (Lipinski definition) is 0. The van der Waals surface area contributed by atoms with Crippen LogP contribution in [0.4, 0.5) is 13.2 Å². The van der Waals surface area contributed by atoms with Gasteiger partial charge < -0.3 is 4.42 Å². The van der Waals surface area contributed by atoms with Crippen LogP contribution >= 0.6 is 23.1 Å². The van der Waals surface area contributed by atoms with Gasteiger partial charge in [-0.15, -0.1) is 21.5 Å². The number of aryl methyl sites for hydroxylation is 1. The smallest absolute Gasteiger partial charge is 0.411 e. The predicted molar refractivity (Wildman–Crippen MR) is 107 cm³/mol. The van der Waals surface area contributed by atoms with Crippen molar-refractivity contribution < 1.29 is 17.6 Å². The molecule has 0 unspecified atom stereocenters. The average molecular weight is 433 g/mol. The average Bonchev–Trinajstić information content (AvgIpc) is 3.36. The van der Waals surface area contributed by atoms with E-state index in [2.05, 4.69) is 15.2 Å². The second kappa shape index (κ2) is 8.00. The summed E-state index contributed by atoms with van der Waals surface area (Å²) >= 11 is 2.75. The van der Waals surface area contributed by atoms with Gasteiger partial charge in [-0.05, 0) is 30.7 Å². The largest absolute Gasteiger partial charge is 0.416 e. The van der Waals surface area contributed by atoms with Crippen LogP contribution in [-0.4, -0.2) is 15.2 Å². The number of nitrogens with zero attached hydrogens (tertiary/aromatic N) is 3. The molecular formula is C20H14F3N3OS2. The maximum Gasteiger partial charge on any atom is 0.416 e. The molecule has 0 aliphatic rings. The van der Waals surface area contributed by atoms with Gasteiger partial charge in [-0.25, -0.2) is 4.98 Å². The molecule has 0 radical (unpaired) electrons. The molecule has 148 valence electrons. The highest BCUT2D eigenvalue weighted by Gasteiger charge is 2.30. The highest BCUT2D eigenvalue weighted by atomic mass is 32.2. The quantitative estimate of drug-likeness (QED) is 0.337. The first-order valence-corrected chi connectivity index (χ1v) is 10.4. The maximum absolute atomic E-state index is 12.7. The van der Waals surface area contributed by atoms with Crippen LogP contribution in [0, 0.1) is 6.92 Å². The fourth-order valence-corrected chi connectivity index (χ4v) is 4.22. The minimum Gasteiger partial charge on any atom is -0.411 e. The van der Waals surface area contributed by atoms with Crippen molar-refractivity contribution in [2.24, 2.45) is 0 Å². The molecule has 2 aromatic carbocycles. The van der Waals surface area contributed by atoms with E-state index in [4.69, 9.17) is 4.42 Å². The molecule has 2 heterocycles. The summed E-state index contributed by atoms with van der Waals surface area (Å²) in [6.07, 6.45) is -4.34. The Balaban J connectivity index is 1.42. The number of hydrogen-bond acceptors (Lipinski definition) is 6. The molecule has 4 rings (SSSR count). The molecule has 4 aromatic rings. The molecule has 0 aliphatic carbocycles. The van der Waals surface area contributed by atoms with E-state index >= 15 is 0 Å². The number of thiazole rings is 1. The molecule has 0 N–H and O–H groups in total. The second-order valence-corrected chi connectivity index (χ2v) is 7.98. The van der Waals surface area contributed by atoms with Crippen LogP contribution in [0.1, 0.15) is 16.8 Å². The van der Waals surface area contributed by atoms with Crippen molar-refractivity contribution in [2.45, 2.75) is 24.1 Å². The Kier molecular flexibility index (Phi) is 5.42. The lowest BCUT2D eigenvalue weighted by Gasteiger charge is -2.06. The molecule has 2 aromatic heterocycles. The van der Waals surface area contributed by atoms with Crippen LogP contribution < -0.4 is 0 Å². The van der Waals surface area contributed by atoms with Crippen molar-refractivity contribution in [1.82, 2.24) is 15.2 Å². The summed E-state index contributed by atoms with van der Waals surface area (Å²) in [4.78, 5) is 4.49. The number of alkyl halides is 3. The topological polar surface area (TPSA) is 51.8 Å². The zero-order valence-corrected chi connectivity index (χ0v) is 16.7. The molecule has 9 heteroatoms. The van der Waals surface area contributed by atoms with Crippen molar-refractivity contribution in [3.05, 3.63) is 70.7 Å². The first-order valence-electron chi connectivity index (χ1n) is 8.54. The van der Waals surface area contributed by atoms with E-state index in [9.17, 15) is 13.2 Å². The molecule has 4 nitrogen and oxygen atoms in total. The molecule has 0 fully saturated rings. The second-order valence-electron chi connectivity index (χ2n) is 6.20. The molecule has 29 heavy (non-hydrogen) atoms. The highest BCUT2D eigenvalue weighted by molar-refractivity contribution is 7.98. The lowest BCUT2D eigenvalue weighted by atomic mass is 10.1. The predicted octanol–water partition coefficient (Wildman–Crippen LogP) is 6.48. The Hall–Kier alpha value is -2.65. The molecule has 0 saturated carbocycles. The summed E-state index contributed by atoms with van der Waals surface area (Å²) in [6, 6.07) is 12.8. The summed E-state index contributed by atoms with van der Waals surface area (Å²) in [5, 5.41) is 11.1. The van der Waals surface area contributed by atoms with Crippen molar-refractivity contribution in [3.8, 4) is 22.0 Å². The Morgan fingerprint density at radius 3 is 2.52 bits per heavy atom. The van der Waals surface area contributed by atoms with E-state index in [1.807, 2.05) is 36.6 Å². The van der Waals surface area contributed by atoms with Crippen molar-refractivity contribution >= 4 is 23.1 Å². The molecule has 0 aliphatic heterocycles. The zero-order chi connectivity index (χ0) is 20.4. The van der Waals surface area contributed by atoms with Gasteiger partial charge in [0.2, 0.25) is 5.89 Å². The SMILES string of the molecule is Cc1ccccc1-c1nnc(SCc2csc(-c3ccc(C(F)(F)F)cc3)n2)o1. The van der Waals surface area contributed by atoms with Crippen LogP contribution in [0.5, 0.6) is 0 Å². The number of halogens is 3. The van der Waals surface area contributed by atoms with Gasteiger partial charge in [-0.3, -0.25) is 0 Å². The molecule has 0 spiro atoms. The number of aromatic nitrogens is 3.